The predicted molar refractivity (Wildman–Crippen MR) is 137 cm³/mol. The second-order valence-corrected chi connectivity index (χ2v) is 11.5. The molecular weight excluding hydrogens is 437 g/mol. The summed E-state index contributed by atoms with van der Waals surface area (Å²) in [6.07, 6.45) is 4.66. The maximum absolute atomic E-state index is 13.4. The minimum absolute atomic E-state index is 0.0224. The minimum Gasteiger partial charge on any atom is -0.464 e. The Balaban J connectivity index is 1.28. The molecule has 2 aromatic carbocycles. The summed E-state index contributed by atoms with van der Waals surface area (Å²) in [5, 5.41) is 4.37. The van der Waals surface area contributed by atoms with E-state index in [1.54, 1.807) is 6.26 Å². The fourth-order valence-electron chi connectivity index (χ4n) is 6.91. The Hall–Kier alpha value is -2.57. The van der Waals surface area contributed by atoms with E-state index in [-0.39, 0.29) is 34.9 Å². The van der Waals surface area contributed by atoms with Gasteiger partial charge in [-0.3, -0.25) is 4.79 Å². The largest absolute Gasteiger partial charge is 0.482 e. The monoisotopic (exact) mass is 471 g/mol. The van der Waals surface area contributed by atoms with Gasteiger partial charge in [-0.15, -0.1) is 0 Å². The van der Waals surface area contributed by atoms with Gasteiger partial charge in [0.2, 0.25) is 5.91 Å². The number of para-hydroxylation sites is 1. The Morgan fingerprint density at radius 3 is 2.60 bits per heavy atom. The first-order valence-electron chi connectivity index (χ1n) is 12.9. The molecule has 2 unspecified atom stereocenters. The zero-order valence-corrected chi connectivity index (χ0v) is 21.0. The van der Waals surface area contributed by atoms with Crippen molar-refractivity contribution in [1.29, 1.82) is 0 Å². The van der Waals surface area contributed by atoms with E-state index >= 15 is 0 Å². The molecule has 1 amide bonds. The normalized spacial score (nSPS) is 30.4. The van der Waals surface area contributed by atoms with Crippen LogP contribution >= 0.6 is 0 Å². The third-order valence-corrected chi connectivity index (χ3v) is 9.32. The van der Waals surface area contributed by atoms with Crippen molar-refractivity contribution in [3.8, 4) is 0 Å². The van der Waals surface area contributed by atoms with Crippen LogP contribution in [0.2, 0.25) is 0 Å². The molecule has 1 aliphatic heterocycles. The third kappa shape index (κ3) is 3.65. The van der Waals surface area contributed by atoms with Gasteiger partial charge in [-0.25, -0.2) is 0 Å². The summed E-state index contributed by atoms with van der Waals surface area (Å²) in [6.45, 7) is 8.90. The topological polar surface area (TPSA) is 60.7 Å². The van der Waals surface area contributed by atoms with E-state index < -0.39 is 7.12 Å². The van der Waals surface area contributed by atoms with Crippen LogP contribution in [0.3, 0.4) is 0 Å². The van der Waals surface area contributed by atoms with Crippen molar-refractivity contribution in [3.63, 3.8) is 0 Å². The number of amides is 1. The fourth-order valence-corrected chi connectivity index (χ4v) is 6.91. The summed E-state index contributed by atoms with van der Waals surface area (Å²) in [4.78, 5) is 13.4. The first-order valence-corrected chi connectivity index (χ1v) is 12.9. The van der Waals surface area contributed by atoms with E-state index in [0.29, 0.717) is 18.3 Å². The van der Waals surface area contributed by atoms with Crippen molar-refractivity contribution < 1.29 is 18.5 Å². The van der Waals surface area contributed by atoms with Crippen molar-refractivity contribution in [2.75, 3.05) is 0 Å². The van der Waals surface area contributed by atoms with Crippen LogP contribution in [0.5, 0.6) is 0 Å². The maximum atomic E-state index is 13.4. The van der Waals surface area contributed by atoms with Crippen LogP contribution in [-0.2, 0) is 20.5 Å². The maximum Gasteiger partial charge on any atom is 0.482 e. The highest BCUT2D eigenvalue weighted by atomic mass is 16.7. The molecule has 0 spiro atoms. The molecule has 4 fully saturated rings. The van der Waals surface area contributed by atoms with E-state index in [4.69, 9.17) is 13.7 Å². The molecule has 4 aliphatic rings. The highest BCUT2D eigenvalue weighted by Crippen LogP contribution is 2.65. The highest BCUT2D eigenvalue weighted by Gasteiger charge is 2.68. The number of carbonyl (C=O) groups is 1. The second-order valence-electron chi connectivity index (χ2n) is 11.5. The molecule has 1 saturated heterocycles. The van der Waals surface area contributed by atoms with Gasteiger partial charge >= 0.3 is 7.12 Å². The molecule has 1 N–H and O–H groups in total. The van der Waals surface area contributed by atoms with Crippen molar-refractivity contribution in [2.45, 2.75) is 70.5 Å². The van der Waals surface area contributed by atoms with Crippen LogP contribution in [0.4, 0.5) is 0 Å². The zero-order valence-electron chi connectivity index (χ0n) is 21.0. The zero-order chi connectivity index (χ0) is 24.4. The fraction of sp³-hybridized carbons (Fsp3) is 0.483. The van der Waals surface area contributed by atoms with Crippen LogP contribution in [0.15, 0.2) is 65.3 Å². The SMILES string of the molecule is CC(C(=O)NC(Cc1coc2ccccc12)B1O[C@@H]2C[C@@H]3C[C@@H](C3(C)C)[C@]2(C)O1)c1ccccc1. The van der Waals surface area contributed by atoms with Crippen molar-refractivity contribution in [3.05, 3.63) is 72.0 Å². The average molecular weight is 471 g/mol. The molecule has 1 aromatic heterocycles. The molecule has 3 saturated carbocycles. The number of rotatable bonds is 6. The van der Waals surface area contributed by atoms with Gasteiger partial charge in [-0.2, -0.15) is 0 Å². The van der Waals surface area contributed by atoms with Crippen LogP contribution in [0.1, 0.15) is 57.6 Å². The summed E-state index contributed by atoms with van der Waals surface area (Å²) >= 11 is 0. The Morgan fingerprint density at radius 2 is 1.83 bits per heavy atom. The summed E-state index contributed by atoms with van der Waals surface area (Å²) < 4.78 is 19.2. The molecule has 2 heterocycles. The predicted octanol–water partition coefficient (Wildman–Crippen LogP) is 5.53. The van der Waals surface area contributed by atoms with Crippen LogP contribution < -0.4 is 5.32 Å². The van der Waals surface area contributed by atoms with Crippen LogP contribution in [0.25, 0.3) is 11.0 Å². The van der Waals surface area contributed by atoms with Crippen LogP contribution in [0, 0.1) is 17.3 Å². The quantitative estimate of drug-likeness (QED) is 0.481. The van der Waals surface area contributed by atoms with Gasteiger partial charge in [0.25, 0.3) is 0 Å². The Labute approximate surface area is 207 Å². The van der Waals surface area contributed by atoms with Gasteiger partial charge in [0.1, 0.15) is 5.58 Å². The van der Waals surface area contributed by atoms with E-state index in [0.717, 1.165) is 28.5 Å². The average Bonchev–Trinajstić information content (AvgIpc) is 3.43. The lowest BCUT2D eigenvalue weighted by Gasteiger charge is -2.64. The highest BCUT2D eigenvalue weighted by molar-refractivity contribution is 6.48. The van der Waals surface area contributed by atoms with Gasteiger partial charge in [-0.1, -0.05) is 62.4 Å². The van der Waals surface area contributed by atoms with Crippen molar-refractivity contribution in [1.82, 2.24) is 5.32 Å². The molecular formula is C29H34BNO4. The summed E-state index contributed by atoms with van der Waals surface area (Å²) in [7, 11) is -0.499. The lowest BCUT2D eigenvalue weighted by atomic mass is 9.43. The lowest BCUT2D eigenvalue weighted by Crippen LogP contribution is -2.65. The number of benzene rings is 2. The molecule has 3 aliphatic carbocycles. The van der Waals surface area contributed by atoms with Crippen molar-refractivity contribution >= 4 is 24.0 Å². The van der Waals surface area contributed by atoms with E-state index in [2.05, 4.69) is 32.2 Å². The molecule has 2 bridgehead atoms. The van der Waals surface area contributed by atoms with Crippen molar-refractivity contribution in [2.24, 2.45) is 17.3 Å². The van der Waals surface area contributed by atoms with Gasteiger partial charge in [0, 0.05) is 5.39 Å². The van der Waals surface area contributed by atoms with Crippen LogP contribution in [-0.4, -0.2) is 30.7 Å². The standard InChI is InChI=1S/C29H34BNO4/c1-18(19-10-6-5-7-11-19)27(32)31-26(14-20-17-33-23-13-9-8-12-22(20)23)30-34-25-16-21-15-24(28(21,2)3)29(25,4)35-30/h5-13,17-18,21,24-26H,14-16H2,1-4H3,(H,31,32)/t18?,21-,24-,25+,26?,29-/m0/s1. The summed E-state index contributed by atoms with van der Waals surface area (Å²) in [5.74, 6) is 0.532. The lowest BCUT2D eigenvalue weighted by molar-refractivity contribution is -0.199. The Kier molecular flexibility index (Phi) is 5.39. The van der Waals surface area contributed by atoms with Gasteiger partial charge in [-0.05, 0) is 67.6 Å². The molecule has 7 rings (SSSR count). The van der Waals surface area contributed by atoms with E-state index in [9.17, 15) is 4.79 Å². The molecule has 182 valence electrons. The van der Waals surface area contributed by atoms with Gasteiger partial charge in [0.15, 0.2) is 0 Å². The molecule has 3 aromatic rings. The Morgan fingerprint density at radius 1 is 1.09 bits per heavy atom. The number of fused-ring (bicyclic) bond motifs is 1. The van der Waals surface area contributed by atoms with Gasteiger partial charge < -0.3 is 19.0 Å². The third-order valence-electron chi connectivity index (χ3n) is 9.32. The first-order chi connectivity index (χ1) is 16.8. The molecule has 5 nitrogen and oxygen atoms in total. The number of carbonyl (C=O) groups excluding carboxylic acids is 1. The van der Waals surface area contributed by atoms with Gasteiger partial charge in [0.05, 0.1) is 29.8 Å². The minimum atomic E-state index is -0.499. The van der Waals surface area contributed by atoms with E-state index in [1.807, 2.05) is 55.5 Å². The Bertz CT molecular complexity index is 1240. The molecule has 35 heavy (non-hydrogen) atoms. The summed E-state index contributed by atoms with van der Waals surface area (Å²) in [5.41, 5.74) is 2.84. The second kappa shape index (κ2) is 8.24. The smallest absolute Gasteiger partial charge is 0.464 e. The number of nitrogens with one attached hydrogen (secondary N) is 1. The molecule has 6 atom stereocenters. The summed E-state index contributed by atoms with van der Waals surface area (Å²) in [6, 6.07) is 17.9. The number of furan rings is 1. The number of hydrogen-bond acceptors (Lipinski definition) is 4. The molecule has 6 heteroatoms. The number of hydrogen-bond donors (Lipinski definition) is 1. The van der Waals surface area contributed by atoms with E-state index in [1.165, 1.54) is 6.42 Å². The molecule has 0 radical (unpaired) electrons. The first kappa shape index (κ1) is 22.9.